The number of methoxy groups -OCH3 is 1. The molecule has 18 heteroatoms. The van der Waals surface area contributed by atoms with E-state index < -0.39 is 41.1 Å². The smallest absolute Gasteiger partial charge is 0.416 e. The third kappa shape index (κ3) is 7.49. The van der Waals surface area contributed by atoms with E-state index in [9.17, 15) is 22.4 Å². The van der Waals surface area contributed by atoms with Crippen molar-refractivity contribution in [2.45, 2.75) is 95.7 Å². The highest BCUT2D eigenvalue weighted by Gasteiger charge is 2.41. The van der Waals surface area contributed by atoms with Crippen molar-refractivity contribution < 1.29 is 36.2 Å². The lowest BCUT2D eigenvalue weighted by molar-refractivity contribution is -0.140. The molecule has 3 saturated heterocycles. The fourth-order valence-electron chi connectivity index (χ4n) is 8.00. The van der Waals surface area contributed by atoms with Crippen molar-refractivity contribution >= 4 is 29.0 Å². The first-order valence-electron chi connectivity index (χ1n) is 17.9. The Hall–Kier alpha value is -3.80. The van der Waals surface area contributed by atoms with Crippen molar-refractivity contribution in [3.8, 4) is 6.01 Å². The first-order chi connectivity index (χ1) is 25.3. The molecule has 288 valence electrons. The van der Waals surface area contributed by atoms with Crippen molar-refractivity contribution in [1.82, 2.24) is 34.9 Å². The summed E-state index contributed by atoms with van der Waals surface area (Å²) < 4.78 is 82.2. The summed E-state index contributed by atoms with van der Waals surface area (Å²) in [7, 11) is 1.38. The van der Waals surface area contributed by atoms with Gasteiger partial charge in [-0.15, -0.1) is 0 Å². The van der Waals surface area contributed by atoms with Crippen molar-refractivity contribution in [2.75, 3.05) is 50.6 Å². The van der Waals surface area contributed by atoms with Crippen molar-refractivity contribution in [2.24, 2.45) is 0 Å². The number of alkyl halides is 4. The number of benzene rings is 1. The van der Waals surface area contributed by atoms with Gasteiger partial charge in [0.05, 0.1) is 60.7 Å². The Balaban J connectivity index is 0.000000418. The van der Waals surface area contributed by atoms with Gasteiger partial charge in [0, 0.05) is 49.3 Å². The summed E-state index contributed by atoms with van der Waals surface area (Å²) in [5, 5.41) is 8.03. The molecule has 3 fully saturated rings. The van der Waals surface area contributed by atoms with Crippen LogP contribution in [0, 0.1) is 5.82 Å². The standard InChI is InChI=1S/C28H31ClF4N8O3.C7H12FN/c1-14-6-7-35-13-40(14)26(42)24-22(29)19-11-39(8-3-9-41(19)38-24)25-15-12-44-20(10-18(15)36-27(37-25)43-2)21-16(28(31,32)33)4-5-17(34)23(21)30;8-6-4-7-2-1-3-9(7)5-6/h4-5,14,20,35H,3,6-13,34H2,1-2H3;6-7H,1-5H2. The first kappa shape index (κ1) is 37.5. The fraction of sp³-hybridized carbons (Fsp3) is 0.600. The first-order valence-corrected chi connectivity index (χ1v) is 18.3. The van der Waals surface area contributed by atoms with Crippen molar-refractivity contribution in [3.63, 3.8) is 0 Å². The quantitative estimate of drug-likeness (QED) is 0.268. The normalized spacial score (nSPS) is 24.5. The molecule has 0 bridgehead atoms. The molecule has 0 saturated carbocycles. The van der Waals surface area contributed by atoms with Gasteiger partial charge in [-0.1, -0.05) is 11.6 Å². The maximum Gasteiger partial charge on any atom is 0.416 e. The number of fused-ring (bicyclic) bond motifs is 3. The molecule has 3 N–H and O–H groups in total. The Kier molecular flexibility index (Phi) is 10.7. The van der Waals surface area contributed by atoms with E-state index in [4.69, 9.17) is 26.8 Å². The number of hydrogen-bond donors (Lipinski definition) is 2. The predicted octanol–water partition coefficient (Wildman–Crippen LogP) is 5.27. The number of carbonyl (C=O) groups excluding carboxylic acids is 1. The molecule has 2 aromatic heterocycles. The Labute approximate surface area is 308 Å². The van der Waals surface area contributed by atoms with E-state index in [0.717, 1.165) is 38.1 Å². The zero-order valence-electron chi connectivity index (χ0n) is 29.6. The molecule has 0 radical (unpaired) electrons. The third-order valence-electron chi connectivity index (χ3n) is 10.8. The van der Waals surface area contributed by atoms with Crippen LogP contribution >= 0.6 is 11.6 Å². The molecule has 4 atom stereocenters. The van der Waals surface area contributed by atoms with Crippen LogP contribution < -0.4 is 20.7 Å². The maximum absolute atomic E-state index is 15.1. The van der Waals surface area contributed by atoms with Crippen LogP contribution in [0.1, 0.15) is 83.7 Å². The lowest BCUT2D eigenvalue weighted by Gasteiger charge is -2.33. The molecule has 1 amide bonds. The van der Waals surface area contributed by atoms with Crippen molar-refractivity contribution in [3.05, 3.63) is 56.7 Å². The molecule has 5 aliphatic rings. The lowest BCUT2D eigenvalue weighted by Crippen LogP contribution is -2.50. The van der Waals surface area contributed by atoms with Gasteiger partial charge in [-0.3, -0.25) is 19.7 Å². The van der Waals surface area contributed by atoms with Gasteiger partial charge < -0.3 is 25.0 Å². The Bertz CT molecular complexity index is 1830. The van der Waals surface area contributed by atoms with E-state index in [1.807, 2.05) is 11.8 Å². The third-order valence-corrected chi connectivity index (χ3v) is 11.2. The Morgan fingerprint density at radius 3 is 2.70 bits per heavy atom. The summed E-state index contributed by atoms with van der Waals surface area (Å²) in [6, 6.07) is 2.29. The molecule has 1 aromatic carbocycles. The van der Waals surface area contributed by atoms with Gasteiger partial charge in [0.1, 0.15) is 12.0 Å². The fourth-order valence-corrected chi connectivity index (χ4v) is 8.27. The Morgan fingerprint density at radius 2 is 1.96 bits per heavy atom. The highest BCUT2D eigenvalue weighted by molar-refractivity contribution is 6.34. The molecule has 12 nitrogen and oxygen atoms in total. The number of rotatable bonds is 4. The van der Waals surface area contributed by atoms with Crippen LogP contribution in [-0.4, -0.2) is 93.7 Å². The van der Waals surface area contributed by atoms with E-state index in [1.165, 1.54) is 20.0 Å². The molecule has 0 spiro atoms. The second kappa shape index (κ2) is 15.1. The number of carbonyl (C=O) groups is 1. The molecular weight excluding hydrogens is 725 g/mol. The van der Waals surface area contributed by atoms with E-state index >= 15 is 4.39 Å². The monoisotopic (exact) mass is 767 g/mol. The van der Waals surface area contributed by atoms with Gasteiger partial charge >= 0.3 is 12.2 Å². The number of ether oxygens (including phenoxy) is 2. The minimum absolute atomic E-state index is 0.00482. The van der Waals surface area contributed by atoms with E-state index in [1.54, 1.807) is 9.58 Å². The number of hydrogen-bond acceptors (Lipinski definition) is 10. The van der Waals surface area contributed by atoms with Gasteiger partial charge in [-0.05, 0) is 64.3 Å². The summed E-state index contributed by atoms with van der Waals surface area (Å²) in [6.45, 7) is 6.15. The predicted molar refractivity (Wildman–Crippen MR) is 186 cm³/mol. The second-order valence-electron chi connectivity index (χ2n) is 14.2. The average molecular weight is 768 g/mol. The number of halogens is 6. The number of amides is 1. The molecular formula is C35H43ClF5N9O3. The van der Waals surface area contributed by atoms with E-state index in [0.29, 0.717) is 61.5 Å². The average Bonchev–Trinajstić information content (AvgIpc) is 3.75. The number of anilines is 2. The summed E-state index contributed by atoms with van der Waals surface area (Å²) >= 11 is 6.80. The number of aromatic nitrogens is 4. The number of nitrogens with zero attached hydrogens (tertiary/aromatic N) is 7. The van der Waals surface area contributed by atoms with Gasteiger partial charge in [-0.2, -0.15) is 28.2 Å². The van der Waals surface area contributed by atoms with Gasteiger partial charge in [-0.25, -0.2) is 8.78 Å². The maximum atomic E-state index is 15.1. The summed E-state index contributed by atoms with van der Waals surface area (Å²) in [5.74, 6) is -0.985. The van der Waals surface area contributed by atoms with Crippen LogP contribution in [0.4, 0.5) is 33.5 Å². The van der Waals surface area contributed by atoms with Crippen LogP contribution in [0.25, 0.3) is 0 Å². The molecule has 0 aliphatic carbocycles. The number of nitrogens with two attached hydrogens (primary N) is 1. The number of nitrogens with one attached hydrogen (secondary N) is 1. The Morgan fingerprint density at radius 1 is 1.15 bits per heavy atom. The summed E-state index contributed by atoms with van der Waals surface area (Å²) in [5.41, 5.74) is 5.11. The highest BCUT2D eigenvalue weighted by Crippen LogP contribution is 2.43. The molecule has 3 aromatic rings. The molecule has 8 rings (SSSR count). The SMILES string of the molecule is COc1nc2c(c(N3CCCn4nc(C(=O)N5CNCCC5C)c(Cl)c4C3)n1)COC(c1c(C(F)(F)F)ccc(N)c1F)C2.FC1CC2CCCN2C1. The zero-order valence-corrected chi connectivity index (χ0v) is 30.3. The largest absolute Gasteiger partial charge is 0.467 e. The topological polar surface area (TPSA) is 127 Å². The molecule has 5 aliphatic heterocycles. The summed E-state index contributed by atoms with van der Waals surface area (Å²) in [6.07, 6.45) is -2.02. The van der Waals surface area contributed by atoms with Crippen LogP contribution in [-0.2, 0) is 37.0 Å². The van der Waals surface area contributed by atoms with Crippen LogP contribution in [0.3, 0.4) is 0 Å². The molecule has 7 heterocycles. The zero-order chi connectivity index (χ0) is 37.6. The number of aryl methyl sites for hydroxylation is 1. The highest BCUT2D eigenvalue weighted by atomic mass is 35.5. The lowest BCUT2D eigenvalue weighted by atomic mass is 9.94. The van der Waals surface area contributed by atoms with Gasteiger partial charge in [0.2, 0.25) is 0 Å². The molecule has 53 heavy (non-hydrogen) atoms. The summed E-state index contributed by atoms with van der Waals surface area (Å²) in [4.78, 5) is 28.3. The number of nitrogen functional groups attached to an aromatic ring is 1. The van der Waals surface area contributed by atoms with Gasteiger partial charge in [0.25, 0.3) is 5.91 Å². The minimum Gasteiger partial charge on any atom is -0.467 e. The van der Waals surface area contributed by atoms with Crippen molar-refractivity contribution in [1.29, 1.82) is 0 Å². The van der Waals surface area contributed by atoms with Gasteiger partial charge in [0.15, 0.2) is 11.5 Å². The second-order valence-corrected chi connectivity index (χ2v) is 14.6. The van der Waals surface area contributed by atoms with E-state index in [2.05, 4.69) is 25.3 Å². The van der Waals surface area contributed by atoms with E-state index in [-0.39, 0.29) is 48.2 Å². The van der Waals surface area contributed by atoms with Crippen LogP contribution in [0.15, 0.2) is 12.1 Å². The van der Waals surface area contributed by atoms with Crippen LogP contribution in [0.2, 0.25) is 5.02 Å². The molecule has 4 unspecified atom stereocenters. The van der Waals surface area contributed by atoms with Crippen LogP contribution in [0.5, 0.6) is 6.01 Å². The minimum atomic E-state index is -4.82.